The molecule has 30 heavy (non-hydrogen) atoms. The van der Waals surface area contributed by atoms with Crippen molar-refractivity contribution in [1.29, 1.82) is 0 Å². The third-order valence-corrected chi connectivity index (χ3v) is 5.25. The van der Waals surface area contributed by atoms with E-state index in [0.717, 1.165) is 28.3 Å². The van der Waals surface area contributed by atoms with Gasteiger partial charge in [0.1, 0.15) is 18.1 Å². The third-order valence-electron chi connectivity index (χ3n) is 5.02. The summed E-state index contributed by atoms with van der Waals surface area (Å²) in [4.78, 5) is 13.3. The Morgan fingerprint density at radius 1 is 1.40 bits per heavy atom. The second-order valence-corrected chi connectivity index (χ2v) is 7.24. The van der Waals surface area contributed by atoms with E-state index in [2.05, 4.69) is 31.2 Å². The maximum Gasteiger partial charge on any atom is 0.238 e. The lowest BCUT2D eigenvalue weighted by atomic mass is 10.1. The van der Waals surface area contributed by atoms with Gasteiger partial charge in [-0.15, -0.1) is 11.5 Å². The number of benzene rings is 1. The predicted molar refractivity (Wildman–Crippen MR) is 114 cm³/mol. The number of allylic oxidation sites excluding steroid dienone is 1. The van der Waals surface area contributed by atoms with Crippen LogP contribution >= 0.6 is 11.6 Å². The molecule has 9 heteroatoms. The van der Waals surface area contributed by atoms with E-state index in [4.69, 9.17) is 22.8 Å². The first-order chi connectivity index (χ1) is 14.7. The van der Waals surface area contributed by atoms with Gasteiger partial charge in [0.25, 0.3) is 0 Å². The van der Waals surface area contributed by atoms with Crippen LogP contribution in [0, 0.1) is 12.3 Å². The summed E-state index contributed by atoms with van der Waals surface area (Å²) in [6, 6.07) is 5.64. The Kier molecular flexibility index (Phi) is 4.45. The Labute approximate surface area is 177 Å². The Bertz CT molecular complexity index is 1270. The fraction of sp³-hybridized carbons (Fsp3) is 0.190. The minimum atomic E-state index is -0.291. The van der Waals surface area contributed by atoms with Gasteiger partial charge in [-0.1, -0.05) is 22.7 Å². The van der Waals surface area contributed by atoms with Crippen LogP contribution in [0.5, 0.6) is 0 Å². The van der Waals surface area contributed by atoms with E-state index in [1.54, 1.807) is 36.5 Å². The first-order valence-corrected chi connectivity index (χ1v) is 9.63. The topological polar surface area (TPSA) is 82.5 Å². The molecule has 0 saturated heterocycles. The van der Waals surface area contributed by atoms with Crippen LogP contribution < -0.4 is 0 Å². The van der Waals surface area contributed by atoms with Crippen molar-refractivity contribution in [3.8, 4) is 23.7 Å². The van der Waals surface area contributed by atoms with Crippen LogP contribution in [-0.4, -0.2) is 56.4 Å². The summed E-state index contributed by atoms with van der Waals surface area (Å²) in [5, 5.41) is 8.93. The average molecular weight is 418 g/mol. The van der Waals surface area contributed by atoms with E-state index in [9.17, 15) is 0 Å². The number of terminal acetylenes is 1. The van der Waals surface area contributed by atoms with Crippen molar-refractivity contribution >= 4 is 23.7 Å². The van der Waals surface area contributed by atoms with Gasteiger partial charge in [0, 0.05) is 30.3 Å². The van der Waals surface area contributed by atoms with Crippen LogP contribution in [-0.2, 0) is 11.2 Å². The number of nitrogens with zero attached hydrogens (tertiary/aromatic N) is 7. The van der Waals surface area contributed by atoms with Gasteiger partial charge in [0.15, 0.2) is 0 Å². The van der Waals surface area contributed by atoms with Crippen molar-refractivity contribution in [1.82, 2.24) is 24.5 Å². The summed E-state index contributed by atoms with van der Waals surface area (Å²) in [5.74, 6) is 3.01. The Balaban J connectivity index is 1.57. The molecule has 2 aromatic heterocycles. The minimum absolute atomic E-state index is 0.291. The highest BCUT2D eigenvalue weighted by Gasteiger charge is 2.30. The van der Waals surface area contributed by atoms with Crippen LogP contribution in [0.1, 0.15) is 17.1 Å². The summed E-state index contributed by atoms with van der Waals surface area (Å²) in [7, 11) is 1.69. The van der Waals surface area contributed by atoms with Gasteiger partial charge < -0.3 is 4.74 Å². The summed E-state index contributed by atoms with van der Waals surface area (Å²) in [5.41, 5.74) is 5.07. The lowest BCUT2D eigenvalue weighted by molar-refractivity contribution is 0.268. The molecule has 3 aromatic rings. The van der Waals surface area contributed by atoms with E-state index in [1.165, 1.54) is 0 Å². The third kappa shape index (κ3) is 2.91. The number of fused-ring (bicyclic) bond motifs is 5. The van der Waals surface area contributed by atoms with E-state index < -0.39 is 0 Å². The summed E-state index contributed by atoms with van der Waals surface area (Å²) in [6.07, 6.45) is 12.6. The number of hydrogen-bond donors (Lipinski definition) is 0. The lowest BCUT2D eigenvalue weighted by Crippen LogP contribution is -2.18. The minimum Gasteiger partial charge on any atom is -0.466 e. The number of ether oxygens (including phenoxy) is 1. The highest BCUT2D eigenvalue weighted by molar-refractivity contribution is 6.30. The molecule has 2 aliphatic heterocycles. The van der Waals surface area contributed by atoms with Crippen LogP contribution in [0.4, 0.5) is 0 Å². The molecule has 0 amide bonds. The highest BCUT2D eigenvalue weighted by Crippen LogP contribution is 2.31. The number of hydrogen-bond acceptors (Lipinski definition) is 6. The summed E-state index contributed by atoms with van der Waals surface area (Å²) >= 11 is 6.24. The van der Waals surface area contributed by atoms with Crippen LogP contribution in [0.2, 0.25) is 5.02 Å². The molecule has 1 atom stereocenters. The molecule has 1 unspecified atom stereocenters. The highest BCUT2D eigenvalue weighted by atomic mass is 35.5. The van der Waals surface area contributed by atoms with E-state index in [1.807, 2.05) is 22.8 Å². The predicted octanol–water partition coefficient (Wildman–Crippen LogP) is 2.42. The molecule has 0 N–H and O–H groups in total. The van der Waals surface area contributed by atoms with E-state index in [-0.39, 0.29) is 6.10 Å². The molecule has 0 saturated carbocycles. The molecule has 2 aliphatic rings. The average Bonchev–Trinajstić information content (AvgIpc) is 3.47. The lowest BCUT2D eigenvalue weighted by Gasteiger charge is -2.12. The monoisotopic (exact) mass is 417 g/mol. The first kappa shape index (κ1) is 18.3. The van der Waals surface area contributed by atoms with Crippen molar-refractivity contribution in [2.45, 2.75) is 12.5 Å². The second-order valence-electron chi connectivity index (χ2n) is 6.81. The smallest absolute Gasteiger partial charge is 0.238 e. The first-order valence-electron chi connectivity index (χ1n) is 9.25. The van der Waals surface area contributed by atoms with Gasteiger partial charge in [-0.05, 0) is 24.3 Å². The second kappa shape index (κ2) is 7.28. The van der Waals surface area contributed by atoms with E-state index >= 15 is 0 Å². The molecule has 0 bridgehead atoms. The molecule has 0 spiro atoms. The molecule has 5 rings (SSSR count). The van der Waals surface area contributed by atoms with Gasteiger partial charge in [0.2, 0.25) is 5.90 Å². The van der Waals surface area contributed by atoms with Gasteiger partial charge in [0.05, 0.1) is 35.5 Å². The zero-order valence-corrected chi connectivity index (χ0v) is 16.8. The molecule has 1 aromatic carbocycles. The van der Waals surface area contributed by atoms with Gasteiger partial charge in [-0.2, -0.15) is 0 Å². The Morgan fingerprint density at radius 3 is 3.13 bits per heavy atom. The van der Waals surface area contributed by atoms with Crippen molar-refractivity contribution in [2.24, 2.45) is 9.98 Å². The van der Waals surface area contributed by atoms with Gasteiger partial charge >= 0.3 is 0 Å². The van der Waals surface area contributed by atoms with Gasteiger partial charge in [-0.3, -0.25) is 9.56 Å². The number of rotatable bonds is 3. The van der Waals surface area contributed by atoms with Crippen molar-refractivity contribution in [3.63, 3.8) is 0 Å². The van der Waals surface area contributed by atoms with Crippen molar-refractivity contribution in [2.75, 3.05) is 13.6 Å². The molecule has 8 nitrogen and oxygen atoms in total. The number of halogens is 1. The van der Waals surface area contributed by atoms with Crippen LogP contribution in [0.3, 0.4) is 0 Å². The maximum absolute atomic E-state index is 6.24. The van der Waals surface area contributed by atoms with Crippen LogP contribution in [0.25, 0.3) is 11.4 Å². The summed E-state index contributed by atoms with van der Waals surface area (Å²) in [6.45, 7) is 0.451. The summed E-state index contributed by atoms with van der Waals surface area (Å²) < 4.78 is 9.93. The quantitative estimate of drug-likeness (QED) is 0.378. The Hall–Kier alpha value is -3.70. The molecule has 0 fully saturated rings. The van der Waals surface area contributed by atoms with E-state index in [0.29, 0.717) is 29.6 Å². The molecular formula is C21H16ClN7O. The maximum atomic E-state index is 6.24. The zero-order valence-electron chi connectivity index (χ0n) is 16.0. The van der Waals surface area contributed by atoms with Gasteiger partial charge in [-0.25, -0.2) is 14.7 Å². The fourth-order valence-electron chi connectivity index (χ4n) is 3.69. The van der Waals surface area contributed by atoms with Crippen molar-refractivity contribution in [3.05, 3.63) is 64.5 Å². The molecule has 148 valence electrons. The normalized spacial score (nSPS) is 17.6. The molecule has 0 aliphatic carbocycles. The number of aromatic nitrogens is 5. The van der Waals surface area contributed by atoms with Crippen molar-refractivity contribution < 1.29 is 4.74 Å². The zero-order chi connectivity index (χ0) is 20.7. The number of aliphatic imine (C=N–C) groups is 2. The largest absolute Gasteiger partial charge is 0.466 e. The standard InChI is InChI=1S/C21H16ClN7O/c1-3-4-13(9-23-2)19-11-24-21(30-19)20-18-8-15-10-26-27-29(15)17-7-14(22)5-6-16(17)28(18)12-25-20/h1,4-7,9-10,12,19H,8,11H2,2H3/b13-4+,23-9?. The molecule has 0 radical (unpaired) electrons. The Morgan fingerprint density at radius 2 is 2.30 bits per heavy atom. The molecule has 4 heterocycles. The molecular weight excluding hydrogens is 402 g/mol. The fourth-order valence-corrected chi connectivity index (χ4v) is 3.85. The SMILES string of the molecule is C#C/C=C(\C=NC)C1CN=C(c2ncn3c2Cc2cnnn2-c2cc(Cl)ccc2-3)O1. The number of imidazole rings is 1. The van der Waals surface area contributed by atoms with Crippen LogP contribution in [0.15, 0.2) is 52.4 Å².